The van der Waals surface area contributed by atoms with E-state index in [0.717, 1.165) is 5.56 Å². The van der Waals surface area contributed by atoms with E-state index in [-0.39, 0.29) is 17.9 Å². The fraction of sp³-hybridized carbons (Fsp3) is 0.167. The second kappa shape index (κ2) is 5.55. The molecular formula is C12H11N3O. The van der Waals surface area contributed by atoms with Crippen LogP contribution in [0.25, 0.3) is 5.70 Å². The van der Waals surface area contributed by atoms with Crippen LogP contribution < -0.4 is 5.73 Å². The summed E-state index contributed by atoms with van der Waals surface area (Å²) in [6, 6.07) is 10.6. The summed E-state index contributed by atoms with van der Waals surface area (Å²) in [4.78, 5) is 0. The maximum absolute atomic E-state index is 8.89. The first-order valence-electron chi connectivity index (χ1n) is 4.73. The van der Waals surface area contributed by atoms with Crippen LogP contribution in [0.15, 0.2) is 29.8 Å². The first-order chi connectivity index (χ1) is 7.74. The molecule has 4 nitrogen and oxygen atoms in total. The van der Waals surface area contributed by atoms with Gasteiger partial charge in [-0.25, -0.2) is 0 Å². The summed E-state index contributed by atoms with van der Waals surface area (Å²) in [5, 5.41) is 26.3. The molecule has 0 saturated carbocycles. The van der Waals surface area contributed by atoms with E-state index in [2.05, 4.69) is 0 Å². The maximum atomic E-state index is 8.89. The molecule has 0 aliphatic carbocycles. The average Bonchev–Trinajstić information content (AvgIpc) is 2.31. The van der Waals surface area contributed by atoms with Crippen LogP contribution in [-0.2, 0) is 6.42 Å². The van der Waals surface area contributed by atoms with E-state index in [1.165, 1.54) is 0 Å². The van der Waals surface area contributed by atoms with Crippen LogP contribution >= 0.6 is 0 Å². The van der Waals surface area contributed by atoms with E-state index in [1.54, 1.807) is 24.3 Å². The van der Waals surface area contributed by atoms with Gasteiger partial charge >= 0.3 is 0 Å². The zero-order chi connectivity index (χ0) is 12.0. The Hall–Kier alpha value is -2.30. The van der Waals surface area contributed by atoms with Crippen molar-refractivity contribution in [3.63, 3.8) is 0 Å². The van der Waals surface area contributed by atoms with Gasteiger partial charge in [0.2, 0.25) is 0 Å². The molecule has 1 aromatic carbocycles. The van der Waals surface area contributed by atoms with Gasteiger partial charge in [0, 0.05) is 12.2 Å². The van der Waals surface area contributed by atoms with Gasteiger partial charge in [0.25, 0.3) is 0 Å². The van der Waals surface area contributed by atoms with E-state index >= 15 is 0 Å². The molecule has 0 radical (unpaired) electrons. The number of nitrogens with zero attached hydrogens (tertiary/aromatic N) is 2. The summed E-state index contributed by atoms with van der Waals surface area (Å²) in [5.74, 6) is 0. The Balaban J connectivity index is 3.30. The van der Waals surface area contributed by atoms with Gasteiger partial charge in [0.05, 0.1) is 5.70 Å². The number of allylic oxidation sites excluding steroid dienone is 1. The molecule has 0 aliphatic heterocycles. The monoisotopic (exact) mass is 213 g/mol. The van der Waals surface area contributed by atoms with Gasteiger partial charge in [-0.05, 0) is 12.0 Å². The fourth-order valence-corrected chi connectivity index (χ4v) is 1.40. The molecule has 80 valence electrons. The van der Waals surface area contributed by atoms with E-state index in [1.807, 2.05) is 12.1 Å². The second-order valence-electron chi connectivity index (χ2n) is 3.14. The highest BCUT2D eigenvalue weighted by Gasteiger charge is 2.08. The molecule has 0 fully saturated rings. The topological polar surface area (TPSA) is 93.8 Å². The lowest BCUT2D eigenvalue weighted by Gasteiger charge is -2.08. The number of nitriles is 2. The Bertz CT molecular complexity index is 476. The summed E-state index contributed by atoms with van der Waals surface area (Å²) in [6.07, 6.45) is 0.445. The SMILES string of the molecule is N#CC(C#N)=C(N)c1ccccc1CCO. The molecule has 0 heterocycles. The van der Waals surface area contributed by atoms with Crippen molar-refractivity contribution >= 4 is 5.70 Å². The molecule has 0 aromatic heterocycles. The molecule has 1 rings (SSSR count). The third kappa shape index (κ3) is 2.38. The number of hydrogen-bond donors (Lipinski definition) is 2. The number of rotatable bonds is 3. The standard InChI is InChI=1S/C12H11N3O/c13-7-10(8-14)12(15)11-4-2-1-3-9(11)5-6-16/h1-4,16H,5-6,15H2. The first-order valence-corrected chi connectivity index (χ1v) is 4.73. The van der Waals surface area contributed by atoms with Crippen LogP contribution in [0.5, 0.6) is 0 Å². The number of aliphatic hydroxyl groups excluding tert-OH is 1. The van der Waals surface area contributed by atoms with Crippen molar-refractivity contribution in [3.05, 3.63) is 41.0 Å². The Morgan fingerprint density at radius 1 is 1.25 bits per heavy atom. The lowest BCUT2D eigenvalue weighted by molar-refractivity contribution is 0.299. The molecular weight excluding hydrogens is 202 g/mol. The van der Waals surface area contributed by atoms with Gasteiger partial charge in [-0.3, -0.25) is 0 Å². The normalized spacial score (nSPS) is 8.94. The molecule has 0 spiro atoms. The van der Waals surface area contributed by atoms with E-state index in [9.17, 15) is 0 Å². The predicted molar refractivity (Wildman–Crippen MR) is 59.6 cm³/mol. The molecule has 0 bridgehead atoms. The van der Waals surface area contributed by atoms with Gasteiger partial charge in [-0.2, -0.15) is 10.5 Å². The molecule has 0 atom stereocenters. The van der Waals surface area contributed by atoms with Crippen LogP contribution in [0.3, 0.4) is 0 Å². The summed E-state index contributed by atoms with van der Waals surface area (Å²) in [6.45, 7) is -0.00126. The van der Waals surface area contributed by atoms with Crippen LogP contribution in [0.1, 0.15) is 11.1 Å². The Labute approximate surface area is 93.9 Å². The lowest BCUT2D eigenvalue weighted by atomic mass is 10.00. The molecule has 0 aliphatic rings. The zero-order valence-electron chi connectivity index (χ0n) is 8.64. The predicted octanol–water partition coefficient (Wildman–Crippen LogP) is 0.938. The van der Waals surface area contributed by atoms with Gasteiger partial charge in [-0.15, -0.1) is 0 Å². The Morgan fingerprint density at radius 3 is 2.44 bits per heavy atom. The van der Waals surface area contributed by atoms with Crippen LogP contribution in [0.2, 0.25) is 0 Å². The highest BCUT2D eigenvalue weighted by Crippen LogP contribution is 2.18. The highest BCUT2D eigenvalue weighted by atomic mass is 16.2. The summed E-state index contributed by atoms with van der Waals surface area (Å²) in [7, 11) is 0. The molecule has 16 heavy (non-hydrogen) atoms. The molecule has 4 heteroatoms. The van der Waals surface area contributed by atoms with Gasteiger partial charge in [0.1, 0.15) is 12.1 Å². The van der Waals surface area contributed by atoms with Crippen molar-refractivity contribution in [1.82, 2.24) is 0 Å². The fourth-order valence-electron chi connectivity index (χ4n) is 1.40. The quantitative estimate of drug-likeness (QED) is 0.730. The average molecular weight is 213 g/mol. The zero-order valence-corrected chi connectivity index (χ0v) is 8.64. The minimum absolute atomic E-state index is 0.00126. The maximum Gasteiger partial charge on any atom is 0.153 e. The van der Waals surface area contributed by atoms with Crippen molar-refractivity contribution < 1.29 is 5.11 Å². The van der Waals surface area contributed by atoms with Gasteiger partial charge < -0.3 is 10.8 Å². The largest absolute Gasteiger partial charge is 0.397 e. The highest BCUT2D eigenvalue weighted by molar-refractivity contribution is 5.74. The van der Waals surface area contributed by atoms with Crippen molar-refractivity contribution in [3.8, 4) is 12.1 Å². The van der Waals surface area contributed by atoms with Crippen LogP contribution in [0.4, 0.5) is 0 Å². The Kier molecular flexibility index (Phi) is 4.08. The van der Waals surface area contributed by atoms with Gasteiger partial charge in [-0.1, -0.05) is 24.3 Å². The summed E-state index contributed by atoms with van der Waals surface area (Å²) < 4.78 is 0. The molecule has 1 aromatic rings. The molecule has 0 saturated heterocycles. The number of nitrogens with two attached hydrogens (primary N) is 1. The first kappa shape index (κ1) is 11.8. The van der Waals surface area contributed by atoms with Crippen molar-refractivity contribution in [2.24, 2.45) is 5.73 Å². The van der Waals surface area contributed by atoms with Crippen molar-refractivity contribution in [1.29, 1.82) is 10.5 Å². The van der Waals surface area contributed by atoms with Gasteiger partial charge in [0.15, 0.2) is 5.57 Å². The van der Waals surface area contributed by atoms with E-state index < -0.39 is 0 Å². The van der Waals surface area contributed by atoms with Crippen molar-refractivity contribution in [2.45, 2.75) is 6.42 Å². The van der Waals surface area contributed by atoms with Crippen molar-refractivity contribution in [2.75, 3.05) is 6.61 Å². The molecule has 0 unspecified atom stereocenters. The number of aliphatic hydroxyl groups is 1. The third-order valence-electron chi connectivity index (χ3n) is 2.18. The number of hydrogen-bond acceptors (Lipinski definition) is 4. The minimum atomic E-state index is -0.106. The van der Waals surface area contributed by atoms with Crippen LogP contribution in [-0.4, -0.2) is 11.7 Å². The number of benzene rings is 1. The molecule has 3 N–H and O–H groups in total. The third-order valence-corrected chi connectivity index (χ3v) is 2.18. The summed E-state index contributed by atoms with van der Waals surface area (Å²) in [5.41, 5.74) is 7.26. The minimum Gasteiger partial charge on any atom is -0.397 e. The van der Waals surface area contributed by atoms with E-state index in [4.69, 9.17) is 21.4 Å². The Morgan fingerprint density at radius 2 is 1.88 bits per heavy atom. The summed E-state index contributed by atoms with van der Waals surface area (Å²) >= 11 is 0. The lowest BCUT2D eigenvalue weighted by Crippen LogP contribution is -2.05. The second-order valence-corrected chi connectivity index (χ2v) is 3.14. The molecule has 0 amide bonds. The van der Waals surface area contributed by atoms with E-state index in [0.29, 0.717) is 12.0 Å². The van der Waals surface area contributed by atoms with Crippen LogP contribution in [0, 0.1) is 22.7 Å². The smallest absolute Gasteiger partial charge is 0.153 e.